The van der Waals surface area contributed by atoms with Crippen molar-refractivity contribution in [3.05, 3.63) is 87.8 Å². The van der Waals surface area contributed by atoms with Crippen molar-refractivity contribution in [3.8, 4) is 0 Å². The largest absolute Gasteiger partial charge is 0.370 e. The number of aryl methyl sites for hydroxylation is 1. The summed E-state index contributed by atoms with van der Waals surface area (Å²) in [6.07, 6.45) is 0. The first-order valence-electron chi connectivity index (χ1n) is 10.8. The lowest BCUT2D eigenvalue weighted by Gasteiger charge is -2.14. The fourth-order valence-corrected chi connectivity index (χ4v) is 4.81. The number of carbonyl (C=O) groups is 1. The first kappa shape index (κ1) is 24.0. The Bertz CT molecular complexity index is 1530. The molecular formula is C24H25N5O5S. The van der Waals surface area contributed by atoms with Gasteiger partial charge in [0.25, 0.3) is 5.56 Å². The van der Waals surface area contributed by atoms with Crippen molar-refractivity contribution < 1.29 is 17.7 Å². The molecule has 0 spiro atoms. The SMILES string of the molecule is CNc1noc2cc(CNC(=O)Cn3c(C)ccc(NS(=O)(=O)Cc4ccccc4)c3=O)ccc12. The maximum absolute atomic E-state index is 12.9. The highest BCUT2D eigenvalue weighted by atomic mass is 32.2. The number of benzene rings is 2. The third kappa shape index (κ3) is 5.69. The van der Waals surface area contributed by atoms with Crippen molar-refractivity contribution >= 4 is 38.4 Å². The summed E-state index contributed by atoms with van der Waals surface area (Å²) in [6, 6.07) is 17.1. The quantitative estimate of drug-likeness (QED) is 0.325. The number of nitrogens with one attached hydrogen (secondary N) is 3. The molecular weight excluding hydrogens is 470 g/mol. The Balaban J connectivity index is 1.43. The van der Waals surface area contributed by atoms with E-state index >= 15 is 0 Å². The molecule has 2 heterocycles. The van der Waals surface area contributed by atoms with Gasteiger partial charge in [-0.15, -0.1) is 0 Å². The van der Waals surface area contributed by atoms with E-state index in [2.05, 4.69) is 20.5 Å². The molecule has 182 valence electrons. The number of hydrogen-bond donors (Lipinski definition) is 3. The van der Waals surface area contributed by atoms with Crippen LogP contribution in [0.2, 0.25) is 0 Å². The molecule has 0 radical (unpaired) electrons. The third-order valence-corrected chi connectivity index (χ3v) is 6.67. The van der Waals surface area contributed by atoms with Gasteiger partial charge in [0, 0.05) is 19.3 Å². The highest BCUT2D eigenvalue weighted by Crippen LogP contribution is 2.23. The molecule has 0 aliphatic rings. The molecule has 11 heteroatoms. The molecule has 0 bridgehead atoms. The predicted molar refractivity (Wildman–Crippen MR) is 134 cm³/mol. The van der Waals surface area contributed by atoms with Gasteiger partial charge >= 0.3 is 0 Å². The topological polar surface area (TPSA) is 135 Å². The molecule has 0 saturated carbocycles. The molecule has 35 heavy (non-hydrogen) atoms. The minimum absolute atomic E-state index is 0.115. The standard InChI is InChI=1S/C24H25N5O5S/c1-16-8-11-20(28-35(32,33)15-17-6-4-3-5-7-17)24(31)29(16)14-22(30)26-13-18-9-10-19-21(12-18)34-27-23(19)25-2/h3-12,28H,13-15H2,1-2H3,(H,25,27)(H,26,30). The second-order valence-corrected chi connectivity index (χ2v) is 9.74. The van der Waals surface area contributed by atoms with E-state index in [4.69, 9.17) is 4.52 Å². The number of sulfonamides is 1. The maximum Gasteiger partial charge on any atom is 0.275 e. The molecule has 0 unspecified atom stereocenters. The Morgan fingerprint density at radius 1 is 1.06 bits per heavy atom. The van der Waals surface area contributed by atoms with Crippen molar-refractivity contribution in [1.29, 1.82) is 0 Å². The summed E-state index contributed by atoms with van der Waals surface area (Å²) < 4.78 is 34.0. The van der Waals surface area contributed by atoms with Gasteiger partial charge in [-0.1, -0.05) is 41.6 Å². The van der Waals surface area contributed by atoms with Crippen LogP contribution < -0.4 is 20.9 Å². The van der Waals surface area contributed by atoms with E-state index < -0.39 is 21.5 Å². The highest BCUT2D eigenvalue weighted by molar-refractivity contribution is 7.91. The van der Waals surface area contributed by atoms with E-state index in [1.54, 1.807) is 56.4 Å². The molecule has 0 atom stereocenters. The first-order chi connectivity index (χ1) is 16.8. The van der Waals surface area contributed by atoms with E-state index in [-0.39, 0.29) is 24.5 Å². The average Bonchev–Trinajstić information content (AvgIpc) is 3.25. The Morgan fingerprint density at radius 2 is 1.83 bits per heavy atom. The average molecular weight is 496 g/mol. The maximum atomic E-state index is 12.9. The summed E-state index contributed by atoms with van der Waals surface area (Å²) >= 11 is 0. The van der Waals surface area contributed by atoms with Crippen LogP contribution in [-0.2, 0) is 33.7 Å². The molecule has 2 aromatic heterocycles. The van der Waals surface area contributed by atoms with Crippen LogP contribution in [0.25, 0.3) is 11.0 Å². The lowest BCUT2D eigenvalue weighted by atomic mass is 10.1. The van der Waals surface area contributed by atoms with E-state index in [0.29, 0.717) is 22.7 Å². The van der Waals surface area contributed by atoms with Crippen molar-refractivity contribution in [2.75, 3.05) is 17.1 Å². The summed E-state index contributed by atoms with van der Waals surface area (Å²) in [4.78, 5) is 25.5. The number of rotatable bonds is 9. The van der Waals surface area contributed by atoms with Crippen LogP contribution in [0, 0.1) is 6.92 Å². The van der Waals surface area contributed by atoms with Gasteiger partial charge in [0.15, 0.2) is 11.4 Å². The molecule has 0 saturated heterocycles. The molecule has 4 rings (SSSR count). The summed E-state index contributed by atoms with van der Waals surface area (Å²) in [7, 11) is -2.07. The van der Waals surface area contributed by atoms with Gasteiger partial charge in [-0.05, 0) is 42.3 Å². The molecule has 3 N–H and O–H groups in total. The van der Waals surface area contributed by atoms with Crippen LogP contribution in [-0.4, -0.2) is 31.1 Å². The number of anilines is 2. The Hall–Kier alpha value is -4.12. The zero-order chi connectivity index (χ0) is 25.0. The van der Waals surface area contributed by atoms with Crippen molar-refractivity contribution in [3.63, 3.8) is 0 Å². The Labute approximate surface area is 202 Å². The summed E-state index contributed by atoms with van der Waals surface area (Å²) in [6.45, 7) is 1.64. The number of fused-ring (bicyclic) bond motifs is 1. The van der Waals surface area contributed by atoms with Crippen LogP contribution in [0.15, 0.2) is 70.0 Å². The molecule has 10 nitrogen and oxygen atoms in total. The van der Waals surface area contributed by atoms with E-state index in [1.807, 2.05) is 12.1 Å². The summed E-state index contributed by atoms with van der Waals surface area (Å²) in [5.41, 5.74) is 1.80. The van der Waals surface area contributed by atoms with E-state index in [0.717, 1.165) is 10.9 Å². The van der Waals surface area contributed by atoms with Gasteiger partial charge in [0.05, 0.1) is 11.1 Å². The molecule has 0 aliphatic heterocycles. The molecule has 4 aromatic rings. The van der Waals surface area contributed by atoms with Crippen LogP contribution in [0.4, 0.5) is 11.5 Å². The summed E-state index contributed by atoms with van der Waals surface area (Å²) in [5.74, 6) is -0.0368. The second kappa shape index (κ2) is 10.0. The van der Waals surface area contributed by atoms with Gasteiger partial charge in [-0.25, -0.2) is 8.42 Å². The van der Waals surface area contributed by atoms with Crippen molar-refractivity contribution in [2.45, 2.75) is 25.8 Å². The van der Waals surface area contributed by atoms with Gasteiger partial charge in [-0.3, -0.25) is 14.3 Å². The normalized spacial score (nSPS) is 11.4. The van der Waals surface area contributed by atoms with E-state index in [1.165, 1.54) is 10.6 Å². The second-order valence-electron chi connectivity index (χ2n) is 8.01. The summed E-state index contributed by atoms with van der Waals surface area (Å²) in [5, 5.41) is 10.5. The fraction of sp³-hybridized carbons (Fsp3) is 0.208. The van der Waals surface area contributed by atoms with Crippen molar-refractivity contribution in [2.24, 2.45) is 0 Å². The Kier molecular flexibility index (Phi) is 6.87. The predicted octanol–water partition coefficient (Wildman–Crippen LogP) is 2.60. The number of amides is 1. The zero-order valence-electron chi connectivity index (χ0n) is 19.2. The molecule has 0 fully saturated rings. The lowest BCUT2D eigenvalue weighted by molar-refractivity contribution is -0.121. The number of hydrogen-bond acceptors (Lipinski definition) is 7. The van der Waals surface area contributed by atoms with Crippen LogP contribution in [0.1, 0.15) is 16.8 Å². The van der Waals surface area contributed by atoms with Gasteiger partial charge < -0.3 is 19.7 Å². The minimum Gasteiger partial charge on any atom is -0.370 e. The number of aromatic nitrogens is 2. The molecule has 2 aromatic carbocycles. The third-order valence-electron chi connectivity index (χ3n) is 5.42. The van der Waals surface area contributed by atoms with E-state index in [9.17, 15) is 18.0 Å². The minimum atomic E-state index is -3.82. The fourth-order valence-electron chi connectivity index (χ4n) is 3.61. The van der Waals surface area contributed by atoms with Crippen LogP contribution >= 0.6 is 0 Å². The molecule has 1 amide bonds. The number of pyridine rings is 1. The van der Waals surface area contributed by atoms with Gasteiger partial charge in [0.2, 0.25) is 15.9 Å². The Morgan fingerprint density at radius 3 is 2.57 bits per heavy atom. The van der Waals surface area contributed by atoms with Crippen LogP contribution in [0.3, 0.4) is 0 Å². The smallest absolute Gasteiger partial charge is 0.275 e. The highest BCUT2D eigenvalue weighted by Gasteiger charge is 2.17. The van der Waals surface area contributed by atoms with Gasteiger partial charge in [-0.2, -0.15) is 0 Å². The number of carbonyl (C=O) groups excluding carboxylic acids is 1. The first-order valence-corrected chi connectivity index (χ1v) is 12.5. The van der Waals surface area contributed by atoms with Crippen molar-refractivity contribution in [1.82, 2.24) is 15.0 Å². The van der Waals surface area contributed by atoms with Gasteiger partial charge in [0.1, 0.15) is 12.2 Å². The zero-order valence-corrected chi connectivity index (χ0v) is 20.1. The molecule has 0 aliphatic carbocycles. The van der Waals surface area contributed by atoms with Crippen LogP contribution in [0.5, 0.6) is 0 Å². The lowest BCUT2D eigenvalue weighted by Crippen LogP contribution is -2.34. The monoisotopic (exact) mass is 495 g/mol. The number of nitrogens with zero attached hydrogens (tertiary/aromatic N) is 2.